The van der Waals surface area contributed by atoms with Crippen molar-refractivity contribution in [3.8, 4) is 0 Å². The van der Waals surface area contributed by atoms with Crippen molar-refractivity contribution in [2.75, 3.05) is 33.2 Å². The van der Waals surface area contributed by atoms with Crippen LogP contribution in [0.2, 0.25) is 0 Å². The molecule has 0 saturated carbocycles. The third-order valence-electron chi connectivity index (χ3n) is 6.14. The second-order valence-corrected chi connectivity index (χ2v) is 7.73. The number of benzene rings is 1. The average Bonchev–Trinajstić information content (AvgIpc) is 2.68. The van der Waals surface area contributed by atoms with Crippen molar-refractivity contribution >= 4 is 5.91 Å². The molecule has 4 nitrogen and oxygen atoms in total. The van der Waals surface area contributed by atoms with Crippen molar-refractivity contribution in [3.63, 3.8) is 0 Å². The summed E-state index contributed by atoms with van der Waals surface area (Å²) >= 11 is 0. The van der Waals surface area contributed by atoms with Gasteiger partial charge in [0.2, 0.25) is 5.91 Å². The van der Waals surface area contributed by atoms with Gasteiger partial charge in [-0.3, -0.25) is 9.69 Å². The largest absolute Gasteiger partial charge is 0.341 e. The predicted octanol–water partition coefficient (Wildman–Crippen LogP) is 2.54. The van der Waals surface area contributed by atoms with E-state index in [1.807, 2.05) is 7.05 Å². The molecular formula is C21H33N3O. The van der Waals surface area contributed by atoms with Crippen LogP contribution in [0.15, 0.2) is 30.3 Å². The first-order valence-electron chi connectivity index (χ1n) is 9.91. The lowest BCUT2D eigenvalue weighted by Gasteiger charge is -2.39. The van der Waals surface area contributed by atoms with Crippen LogP contribution in [0.5, 0.6) is 0 Å². The van der Waals surface area contributed by atoms with E-state index in [0.717, 1.165) is 44.9 Å². The number of carbonyl (C=O) groups excluding carboxylic acids is 1. The second kappa shape index (κ2) is 8.81. The molecule has 4 heteroatoms. The van der Waals surface area contributed by atoms with Crippen molar-refractivity contribution in [1.82, 2.24) is 15.1 Å². The number of likely N-dealkylation sites (tertiary alicyclic amines) is 2. The number of hydrogen-bond donors (Lipinski definition) is 1. The van der Waals surface area contributed by atoms with Gasteiger partial charge in [0.1, 0.15) is 0 Å². The fourth-order valence-corrected chi connectivity index (χ4v) is 4.30. The Bertz CT molecular complexity index is 531. The van der Waals surface area contributed by atoms with Crippen LogP contribution in [-0.2, 0) is 11.2 Å². The van der Waals surface area contributed by atoms with E-state index in [1.54, 1.807) is 0 Å². The molecule has 0 aliphatic carbocycles. The number of carbonyl (C=O) groups is 1. The molecule has 2 aliphatic heterocycles. The fraction of sp³-hybridized carbons (Fsp3) is 0.667. The molecule has 138 valence electrons. The highest BCUT2D eigenvalue weighted by Crippen LogP contribution is 2.24. The van der Waals surface area contributed by atoms with Crippen molar-refractivity contribution in [1.29, 1.82) is 0 Å². The van der Waals surface area contributed by atoms with Crippen LogP contribution >= 0.6 is 0 Å². The minimum atomic E-state index is 0.0313. The Labute approximate surface area is 152 Å². The maximum Gasteiger partial charge on any atom is 0.239 e. The van der Waals surface area contributed by atoms with Crippen molar-refractivity contribution in [3.05, 3.63) is 35.9 Å². The predicted molar refractivity (Wildman–Crippen MR) is 103 cm³/mol. The monoisotopic (exact) mass is 343 g/mol. The Kier molecular flexibility index (Phi) is 6.49. The first-order valence-corrected chi connectivity index (χ1v) is 9.91. The zero-order chi connectivity index (χ0) is 17.6. The van der Waals surface area contributed by atoms with E-state index in [-0.39, 0.29) is 6.04 Å². The first kappa shape index (κ1) is 18.4. The van der Waals surface area contributed by atoms with Gasteiger partial charge in [-0.05, 0) is 70.6 Å². The standard InChI is InChI=1S/C21H33N3O/c1-17(21(25)24-14-10-20(22-2)11-15-24)23-12-8-19(9-13-23)16-18-6-4-3-5-7-18/h3-7,17,19-20,22H,8-16H2,1-2H3. The maximum absolute atomic E-state index is 12.8. The molecule has 1 N–H and O–H groups in total. The third-order valence-corrected chi connectivity index (χ3v) is 6.14. The van der Waals surface area contributed by atoms with E-state index in [9.17, 15) is 4.79 Å². The molecule has 0 spiro atoms. The lowest BCUT2D eigenvalue weighted by atomic mass is 9.89. The second-order valence-electron chi connectivity index (χ2n) is 7.73. The molecule has 3 rings (SSSR count). The summed E-state index contributed by atoms with van der Waals surface area (Å²) in [7, 11) is 2.02. The maximum atomic E-state index is 12.8. The number of nitrogens with zero attached hydrogens (tertiary/aromatic N) is 2. The molecule has 2 aliphatic rings. The Hall–Kier alpha value is -1.39. The van der Waals surface area contributed by atoms with Crippen LogP contribution in [0.3, 0.4) is 0 Å². The van der Waals surface area contributed by atoms with Gasteiger partial charge in [0.05, 0.1) is 6.04 Å². The van der Waals surface area contributed by atoms with Crippen LogP contribution < -0.4 is 5.32 Å². The number of hydrogen-bond acceptors (Lipinski definition) is 3. The van der Waals surface area contributed by atoms with E-state index in [4.69, 9.17) is 0 Å². The minimum Gasteiger partial charge on any atom is -0.341 e. The number of rotatable bonds is 5. The van der Waals surface area contributed by atoms with Gasteiger partial charge in [-0.2, -0.15) is 0 Å². The van der Waals surface area contributed by atoms with Crippen LogP contribution in [0, 0.1) is 5.92 Å². The molecule has 1 atom stereocenters. The molecule has 2 heterocycles. The normalized spacial score (nSPS) is 22.1. The summed E-state index contributed by atoms with van der Waals surface area (Å²) in [6.07, 6.45) is 5.74. The molecule has 1 unspecified atom stereocenters. The van der Waals surface area contributed by atoms with Gasteiger partial charge < -0.3 is 10.2 Å². The van der Waals surface area contributed by atoms with Gasteiger partial charge in [-0.15, -0.1) is 0 Å². The lowest BCUT2D eigenvalue weighted by molar-refractivity contribution is -0.138. The van der Waals surface area contributed by atoms with Gasteiger partial charge in [0.25, 0.3) is 0 Å². The summed E-state index contributed by atoms with van der Waals surface area (Å²) in [6.45, 7) is 6.01. The molecule has 0 aromatic heterocycles. The summed E-state index contributed by atoms with van der Waals surface area (Å²) in [5.74, 6) is 1.09. The van der Waals surface area contributed by atoms with Crippen molar-refractivity contribution < 1.29 is 4.79 Å². The highest BCUT2D eigenvalue weighted by Gasteiger charge is 2.31. The van der Waals surface area contributed by atoms with E-state index in [0.29, 0.717) is 11.9 Å². The lowest BCUT2D eigenvalue weighted by Crippen LogP contribution is -2.52. The van der Waals surface area contributed by atoms with Crippen LogP contribution in [-0.4, -0.2) is 61.0 Å². The molecule has 25 heavy (non-hydrogen) atoms. The Morgan fingerprint density at radius 3 is 2.32 bits per heavy atom. The quantitative estimate of drug-likeness (QED) is 0.892. The number of piperidine rings is 2. The summed E-state index contributed by atoms with van der Waals surface area (Å²) < 4.78 is 0. The van der Waals surface area contributed by atoms with E-state index in [1.165, 1.54) is 24.8 Å². The average molecular weight is 344 g/mol. The smallest absolute Gasteiger partial charge is 0.239 e. The Morgan fingerprint density at radius 2 is 1.72 bits per heavy atom. The van der Waals surface area contributed by atoms with Crippen molar-refractivity contribution in [2.24, 2.45) is 5.92 Å². The minimum absolute atomic E-state index is 0.0313. The zero-order valence-corrected chi connectivity index (χ0v) is 15.8. The fourth-order valence-electron chi connectivity index (χ4n) is 4.30. The highest BCUT2D eigenvalue weighted by atomic mass is 16.2. The SMILES string of the molecule is CNC1CCN(C(=O)C(C)N2CCC(Cc3ccccc3)CC2)CC1. The number of nitrogens with one attached hydrogen (secondary N) is 1. The summed E-state index contributed by atoms with van der Waals surface area (Å²) in [5.41, 5.74) is 1.44. The van der Waals surface area contributed by atoms with Gasteiger partial charge in [-0.25, -0.2) is 0 Å². The highest BCUT2D eigenvalue weighted by molar-refractivity contribution is 5.81. The van der Waals surface area contributed by atoms with E-state index in [2.05, 4.69) is 52.4 Å². The van der Waals surface area contributed by atoms with Gasteiger partial charge >= 0.3 is 0 Å². The molecule has 2 saturated heterocycles. The third kappa shape index (κ3) is 4.83. The summed E-state index contributed by atoms with van der Waals surface area (Å²) in [6, 6.07) is 11.4. The van der Waals surface area contributed by atoms with E-state index < -0.39 is 0 Å². The molecule has 0 bridgehead atoms. The first-order chi connectivity index (χ1) is 12.2. The molecule has 1 aromatic carbocycles. The van der Waals surface area contributed by atoms with Crippen LogP contribution in [0.25, 0.3) is 0 Å². The molecule has 2 fully saturated rings. The molecule has 1 aromatic rings. The Morgan fingerprint density at radius 1 is 1.08 bits per heavy atom. The summed E-state index contributed by atoms with van der Waals surface area (Å²) in [4.78, 5) is 17.3. The van der Waals surface area contributed by atoms with Gasteiger partial charge in [0, 0.05) is 19.1 Å². The zero-order valence-electron chi connectivity index (χ0n) is 15.8. The summed E-state index contributed by atoms with van der Waals surface area (Å²) in [5, 5.41) is 3.33. The Balaban J connectivity index is 1.45. The van der Waals surface area contributed by atoms with Crippen LogP contribution in [0.1, 0.15) is 38.2 Å². The molecular weight excluding hydrogens is 310 g/mol. The van der Waals surface area contributed by atoms with E-state index >= 15 is 0 Å². The van der Waals surface area contributed by atoms with Crippen LogP contribution in [0.4, 0.5) is 0 Å². The molecule has 0 radical (unpaired) electrons. The van der Waals surface area contributed by atoms with Gasteiger partial charge in [-0.1, -0.05) is 30.3 Å². The van der Waals surface area contributed by atoms with Crippen molar-refractivity contribution in [2.45, 2.75) is 51.1 Å². The number of amides is 1. The van der Waals surface area contributed by atoms with Gasteiger partial charge in [0.15, 0.2) is 0 Å². The molecule has 1 amide bonds. The topological polar surface area (TPSA) is 35.6 Å².